The van der Waals surface area contributed by atoms with Gasteiger partial charge in [0.25, 0.3) is 5.91 Å². The number of anilines is 2. The van der Waals surface area contributed by atoms with Gasteiger partial charge in [-0.1, -0.05) is 77.9 Å². The number of hydrogen-bond donors (Lipinski definition) is 3. The van der Waals surface area contributed by atoms with Crippen molar-refractivity contribution in [1.82, 2.24) is 39.0 Å². The second kappa shape index (κ2) is 20.4. The van der Waals surface area contributed by atoms with Crippen LogP contribution in [0.4, 0.5) is 11.6 Å². The Morgan fingerprint density at radius 2 is 1.46 bits per heavy atom. The average molecular weight is 1070 g/mol. The number of benzene rings is 2. The molecule has 2 fully saturated rings. The molecule has 8 rings (SSSR count). The Kier molecular flexibility index (Phi) is 15.1. The molecule has 0 saturated carbocycles. The van der Waals surface area contributed by atoms with E-state index in [4.69, 9.17) is 61.3 Å². The highest BCUT2D eigenvalue weighted by Crippen LogP contribution is 2.51. The number of halogens is 1. The lowest BCUT2D eigenvalue weighted by molar-refractivity contribution is -0.0551. The van der Waals surface area contributed by atoms with Crippen molar-refractivity contribution in [2.45, 2.75) is 127 Å². The van der Waals surface area contributed by atoms with Gasteiger partial charge < -0.3 is 48.1 Å². The highest BCUT2D eigenvalue weighted by Gasteiger charge is 2.54. The molecule has 0 spiro atoms. The van der Waals surface area contributed by atoms with Crippen LogP contribution in [0.3, 0.4) is 0 Å². The van der Waals surface area contributed by atoms with Crippen LogP contribution in [0.25, 0.3) is 22.3 Å². The summed E-state index contributed by atoms with van der Waals surface area (Å²) >= 11 is 12.0. The first-order valence-electron chi connectivity index (χ1n) is 23.1. The van der Waals surface area contributed by atoms with Crippen LogP contribution in [0.5, 0.6) is 0 Å². The SMILES string of the molecule is CC(C)(C)[Si](C)(C)OC[C@H]1O[C@@H](n2cnc3c(N)nc(Cl)nc32)C[C@H]1OP(O)(=S)OC[C@H]1O[C@@H](n2cnc3c(NC(=O)c4ccccc4)ncnc32)C(O[Si](C)(C)C(C)(C)C)[C@H]1OC(=O)c1ccccc1. The van der Waals surface area contributed by atoms with Crippen molar-refractivity contribution < 1.29 is 46.6 Å². The topological polar surface area (TPSA) is 244 Å². The molecule has 20 nitrogen and oxygen atoms in total. The van der Waals surface area contributed by atoms with Gasteiger partial charge in [-0.25, -0.2) is 24.7 Å². The lowest BCUT2D eigenvalue weighted by Gasteiger charge is -2.40. The predicted octanol–water partition coefficient (Wildman–Crippen LogP) is 8.60. The molecule has 4 aromatic heterocycles. The maximum absolute atomic E-state index is 14.1. The highest BCUT2D eigenvalue weighted by atomic mass is 35.5. The van der Waals surface area contributed by atoms with Crippen LogP contribution in [0.15, 0.2) is 79.6 Å². The maximum Gasteiger partial charge on any atom is 0.338 e. The Hall–Kier alpha value is -4.63. The number of esters is 1. The van der Waals surface area contributed by atoms with Crippen LogP contribution in [-0.2, 0) is 43.9 Å². The number of nitrogens with zero attached hydrogens (tertiary/aromatic N) is 8. The van der Waals surface area contributed by atoms with Crippen LogP contribution in [0.1, 0.15) is 81.1 Å². The van der Waals surface area contributed by atoms with E-state index < -0.39 is 84.8 Å². The zero-order chi connectivity index (χ0) is 51.3. The number of carbonyl (C=O) groups excluding carboxylic acids is 2. The number of aromatic nitrogens is 8. The second-order valence-corrected chi connectivity index (χ2v) is 33.3. The molecular formula is C46H60ClN10O10PSSi2. The summed E-state index contributed by atoms with van der Waals surface area (Å²) in [6, 6.07) is 17.2. The summed E-state index contributed by atoms with van der Waals surface area (Å²) in [5, 5.41) is 2.35. The van der Waals surface area contributed by atoms with E-state index in [1.807, 2.05) is 6.07 Å². The van der Waals surface area contributed by atoms with E-state index in [2.05, 4.69) is 103 Å². The Bertz CT molecular complexity index is 2940. The molecule has 2 unspecified atom stereocenters. The Morgan fingerprint density at radius 1 is 0.831 bits per heavy atom. The number of imidazole rings is 2. The van der Waals surface area contributed by atoms with Gasteiger partial charge in [-0.05, 0) is 83.9 Å². The van der Waals surface area contributed by atoms with E-state index in [9.17, 15) is 14.5 Å². The molecule has 25 heteroatoms. The number of ether oxygens (including phenoxy) is 3. The molecule has 4 N–H and O–H groups in total. The molecule has 2 saturated heterocycles. The molecule has 6 aromatic rings. The van der Waals surface area contributed by atoms with Crippen LogP contribution >= 0.6 is 18.3 Å². The van der Waals surface area contributed by atoms with Crippen molar-refractivity contribution in [3.63, 3.8) is 0 Å². The zero-order valence-electron chi connectivity index (χ0n) is 41.2. The van der Waals surface area contributed by atoms with Crippen LogP contribution in [-0.4, -0.2) is 116 Å². The molecule has 71 heavy (non-hydrogen) atoms. The minimum atomic E-state index is -4.18. The third-order valence-corrected chi connectivity index (χ3v) is 24.4. The lowest BCUT2D eigenvalue weighted by atomic mass is 10.1. The van der Waals surface area contributed by atoms with Gasteiger partial charge in [0.2, 0.25) is 5.28 Å². The first kappa shape index (κ1) is 52.7. The van der Waals surface area contributed by atoms with Crippen molar-refractivity contribution in [3.05, 3.63) is 96.1 Å². The minimum absolute atomic E-state index is 0.0627. The van der Waals surface area contributed by atoms with Crippen LogP contribution in [0.2, 0.25) is 41.5 Å². The predicted molar refractivity (Wildman–Crippen MR) is 275 cm³/mol. The van der Waals surface area contributed by atoms with Crippen LogP contribution in [0, 0.1) is 0 Å². The number of nitrogens with one attached hydrogen (secondary N) is 1. The summed E-state index contributed by atoms with van der Waals surface area (Å²) in [4.78, 5) is 65.7. The number of rotatable bonds is 16. The van der Waals surface area contributed by atoms with Crippen molar-refractivity contribution in [1.29, 1.82) is 0 Å². The summed E-state index contributed by atoms with van der Waals surface area (Å²) in [5.41, 5.74) is 8.11. The summed E-state index contributed by atoms with van der Waals surface area (Å²) in [6.45, 7) is 16.6. The molecule has 1 amide bonds. The van der Waals surface area contributed by atoms with Gasteiger partial charge >= 0.3 is 12.7 Å². The second-order valence-electron chi connectivity index (χ2n) is 20.6. The van der Waals surface area contributed by atoms with E-state index in [1.165, 1.54) is 19.0 Å². The third kappa shape index (κ3) is 11.5. The largest absolute Gasteiger partial charge is 0.453 e. The summed E-state index contributed by atoms with van der Waals surface area (Å²) in [5.74, 6) is -0.760. The van der Waals surface area contributed by atoms with E-state index >= 15 is 0 Å². The van der Waals surface area contributed by atoms with Gasteiger partial charge in [0.05, 0.1) is 37.5 Å². The van der Waals surface area contributed by atoms with Gasteiger partial charge in [-0.15, -0.1) is 0 Å². The van der Waals surface area contributed by atoms with Gasteiger partial charge in [0, 0.05) is 12.0 Å². The molecule has 2 aliphatic rings. The van der Waals surface area contributed by atoms with Crippen molar-refractivity contribution in [2.24, 2.45) is 0 Å². The molecule has 6 heterocycles. The molecule has 2 aliphatic heterocycles. The Balaban J connectivity index is 1.11. The molecular weight excluding hydrogens is 1010 g/mol. The molecule has 380 valence electrons. The fraction of sp³-hybridized carbons (Fsp3) is 0.478. The number of hydrogen-bond acceptors (Lipinski definition) is 17. The molecule has 2 aromatic carbocycles. The van der Waals surface area contributed by atoms with E-state index in [-0.39, 0.29) is 45.5 Å². The summed E-state index contributed by atoms with van der Waals surface area (Å²) < 4.78 is 49.5. The normalized spacial score (nSPS) is 23.0. The fourth-order valence-electron chi connectivity index (χ4n) is 7.65. The molecule has 8 atom stereocenters. The van der Waals surface area contributed by atoms with Crippen LogP contribution < -0.4 is 11.1 Å². The highest BCUT2D eigenvalue weighted by molar-refractivity contribution is 8.07. The zero-order valence-corrected chi connectivity index (χ0v) is 45.6. The number of nitrogen functional groups attached to an aromatic ring is 1. The lowest BCUT2D eigenvalue weighted by Crippen LogP contribution is -2.50. The third-order valence-electron chi connectivity index (χ3n) is 13.7. The van der Waals surface area contributed by atoms with E-state index in [1.54, 1.807) is 63.7 Å². The van der Waals surface area contributed by atoms with Crippen molar-refractivity contribution in [2.75, 3.05) is 24.3 Å². The van der Waals surface area contributed by atoms with Crippen molar-refractivity contribution in [3.8, 4) is 0 Å². The van der Waals surface area contributed by atoms with Gasteiger partial charge in [-0.3, -0.25) is 13.9 Å². The number of amides is 1. The smallest absolute Gasteiger partial charge is 0.338 e. The van der Waals surface area contributed by atoms with Crippen molar-refractivity contribution >= 4 is 92.6 Å². The maximum atomic E-state index is 14.1. The molecule has 0 radical (unpaired) electrons. The van der Waals surface area contributed by atoms with E-state index in [0.717, 1.165) is 0 Å². The average Bonchev–Trinajstić information content (AvgIpc) is 4.10. The fourth-order valence-corrected chi connectivity index (χ4v) is 11.6. The minimum Gasteiger partial charge on any atom is -0.453 e. The van der Waals surface area contributed by atoms with Gasteiger partial charge in [0.15, 0.2) is 57.4 Å². The first-order chi connectivity index (χ1) is 33.3. The van der Waals surface area contributed by atoms with Gasteiger partial charge in [0.1, 0.15) is 36.4 Å². The number of nitrogens with two attached hydrogens (primary N) is 1. The van der Waals surface area contributed by atoms with E-state index in [0.29, 0.717) is 27.9 Å². The quantitative estimate of drug-likeness (QED) is 0.0355. The Morgan fingerprint density at radius 3 is 2.13 bits per heavy atom. The molecule has 0 bridgehead atoms. The number of carbonyl (C=O) groups is 2. The summed E-state index contributed by atoms with van der Waals surface area (Å²) in [6.07, 6.45) is -2.05. The van der Waals surface area contributed by atoms with Gasteiger partial charge in [-0.2, -0.15) is 9.97 Å². The standard InChI is InChI=1S/C46H60ClN10O10PSSi2/c1-45(2,3)70(7,8)62-23-30-29(21-32(63-30)56-25-51-33-37(48)53-44(47)55-40(33)56)66-68(60,69)61-22-31-35(65-43(59)28-19-15-12-16-20-28)36(67-71(9,10)46(4,5)6)42(64-31)57-26-52-34-38(49-24-50-39(34)57)54-41(58)27-17-13-11-14-18-27/h11-20,24-26,29-32,35-36,42H,21-23H2,1-10H3,(H,60,69)(H2,48,53,55)(H,49,50,54,58)/t29-,30-,31-,32-,35+,36?,42-,68?/m1/s1. The Labute approximate surface area is 423 Å². The number of fused-ring (bicyclic) bond motifs is 2. The first-order valence-corrected chi connectivity index (χ1v) is 31.8. The summed E-state index contributed by atoms with van der Waals surface area (Å²) in [7, 11) is -5.03. The monoisotopic (exact) mass is 1070 g/mol. The molecule has 0 aliphatic carbocycles.